The van der Waals surface area contributed by atoms with Crippen LogP contribution in [-0.2, 0) is 0 Å². The summed E-state index contributed by atoms with van der Waals surface area (Å²) in [6, 6.07) is 6.24. The van der Waals surface area contributed by atoms with Gasteiger partial charge in [0, 0.05) is 30.2 Å². The van der Waals surface area contributed by atoms with Crippen LogP contribution in [0, 0.1) is 5.41 Å². The van der Waals surface area contributed by atoms with Gasteiger partial charge in [-0.25, -0.2) is 0 Å². The summed E-state index contributed by atoms with van der Waals surface area (Å²) >= 11 is 6.17. The molecular weight excluding hydrogens is 242 g/mol. The minimum Gasteiger partial charge on any atom is -0.374 e. The van der Waals surface area contributed by atoms with E-state index in [1.807, 2.05) is 6.07 Å². The van der Waals surface area contributed by atoms with Crippen molar-refractivity contribution in [3.05, 3.63) is 40.9 Å². The van der Waals surface area contributed by atoms with Gasteiger partial charge in [-0.3, -0.25) is 0 Å². The van der Waals surface area contributed by atoms with Crippen molar-refractivity contribution in [2.45, 2.75) is 33.1 Å². The van der Waals surface area contributed by atoms with Crippen LogP contribution < -0.4 is 4.90 Å². The van der Waals surface area contributed by atoms with Crippen molar-refractivity contribution in [1.29, 1.82) is 0 Å². The molecule has 0 aromatic heterocycles. The molecule has 1 atom stereocenters. The van der Waals surface area contributed by atoms with Crippen LogP contribution in [0.15, 0.2) is 30.4 Å². The molecule has 1 nitrogen and oxygen atoms in total. The van der Waals surface area contributed by atoms with E-state index in [0.29, 0.717) is 5.92 Å². The van der Waals surface area contributed by atoms with E-state index in [2.05, 4.69) is 57.0 Å². The third kappa shape index (κ3) is 2.42. The number of fused-ring (bicyclic) bond motifs is 1. The molecule has 0 fully saturated rings. The van der Waals surface area contributed by atoms with Crippen molar-refractivity contribution in [1.82, 2.24) is 0 Å². The molecule has 0 bridgehead atoms. The molecule has 0 amide bonds. The van der Waals surface area contributed by atoms with Crippen LogP contribution in [0.5, 0.6) is 0 Å². The maximum absolute atomic E-state index is 6.17. The lowest BCUT2D eigenvalue weighted by atomic mass is 9.71. The van der Waals surface area contributed by atoms with E-state index in [-0.39, 0.29) is 5.41 Å². The van der Waals surface area contributed by atoms with Crippen molar-refractivity contribution in [2.24, 2.45) is 5.41 Å². The average Bonchev–Trinajstić information content (AvgIpc) is 2.27. The summed E-state index contributed by atoms with van der Waals surface area (Å²) in [6.45, 7) is 7.91. The predicted molar refractivity (Wildman–Crippen MR) is 80.7 cm³/mol. The van der Waals surface area contributed by atoms with E-state index in [1.165, 1.54) is 11.3 Å². The maximum atomic E-state index is 6.17. The fourth-order valence-electron chi connectivity index (χ4n) is 2.97. The number of nitrogens with zero attached hydrogens (tertiary/aromatic N) is 1. The van der Waals surface area contributed by atoms with E-state index in [1.54, 1.807) is 0 Å². The first-order chi connectivity index (χ1) is 8.45. The monoisotopic (exact) mass is 263 g/mol. The van der Waals surface area contributed by atoms with Gasteiger partial charge in [0.15, 0.2) is 0 Å². The van der Waals surface area contributed by atoms with E-state index < -0.39 is 0 Å². The molecule has 18 heavy (non-hydrogen) atoms. The minimum absolute atomic E-state index is 0.234. The number of hydrogen-bond donors (Lipinski definition) is 0. The molecule has 98 valence electrons. The zero-order valence-corrected chi connectivity index (χ0v) is 12.5. The molecule has 0 radical (unpaired) electrons. The highest BCUT2D eigenvalue weighted by Crippen LogP contribution is 2.46. The summed E-state index contributed by atoms with van der Waals surface area (Å²) in [6.07, 6.45) is 5.70. The molecule has 1 aliphatic heterocycles. The summed E-state index contributed by atoms with van der Waals surface area (Å²) < 4.78 is 0. The third-order valence-corrected chi connectivity index (χ3v) is 4.02. The van der Waals surface area contributed by atoms with Crippen molar-refractivity contribution in [3.63, 3.8) is 0 Å². The van der Waals surface area contributed by atoms with Gasteiger partial charge in [0.05, 0.1) is 0 Å². The summed E-state index contributed by atoms with van der Waals surface area (Å²) in [5, 5.41) is 0.828. The lowest BCUT2D eigenvalue weighted by Crippen LogP contribution is -2.40. The number of hydrogen-bond acceptors (Lipinski definition) is 1. The minimum atomic E-state index is 0.234. The third-order valence-electron chi connectivity index (χ3n) is 3.79. The maximum Gasteiger partial charge on any atom is 0.0410 e. The Kier molecular flexibility index (Phi) is 3.72. The molecule has 0 saturated heterocycles. The second-order valence-corrected chi connectivity index (χ2v) is 6.30. The normalized spacial score (nSPS) is 22.3. The fourth-order valence-corrected chi connectivity index (χ4v) is 3.15. The van der Waals surface area contributed by atoms with E-state index in [4.69, 9.17) is 11.6 Å². The summed E-state index contributed by atoms with van der Waals surface area (Å²) in [4.78, 5) is 2.34. The molecular formula is C16H22ClN. The second kappa shape index (κ2) is 4.97. The number of anilines is 1. The van der Waals surface area contributed by atoms with Crippen LogP contribution in [0.1, 0.15) is 38.7 Å². The van der Waals surface area contributed by atoms with Crippen LogP contribution in [-0.4, -0.2) is 13.6 Å². The smallest absolute Gasteiger partial charge is 0.0410 e. The summed E-state index contributed by atoms with van der Waals surface area (Å²) in [5.41, 5.74) is 2.90. The number of rotatable bonds is 2. The molecule has 1 aliphatic rings. The Morgan fingerprint density at radius 3 is 2.83 bits per heavy atom. The van der Waals surface area contributed by atoms with Gasteiger partial charge in [0.1, 0.15) is 0 Å². The quantitative estimate of drug-likeness (QED) is 0.689. The highest BCUT2D eigenvalue weighted by atomic mass is 35.5. The van der Waals surface area contributed by atoms with Gasteiger partial charge in [-0.2, -0.15) is 0 Å². The summed E-state index contributed by atoms with van der Waals surface area (Å²) in [7, 11) is 2.16. The van der Waals surface area contributed by atoms with Gasteiger partial charge in [-0.05, 0) is 35.6 Å². The molecule has 1 unspecified atom stereocenters. The molecule has 1 heterocycles. The molecule has 1 aromatic rings. The van der Waals surface area contributed by atoms with Gasteiger partial charge in [0.25, 0.3) is 0 Å². The SMILES string of the molecule is CCC=CC1c2cc(Cl)ccc2N(C)CC1(C)C. The van der Waals surface area contributed by atoms with Gasteiger partial charge in [-0.15, -0.1) is 0 Å². The molecule has 0 N–H and O–H groups in total. The molecule has 1 aromatic carbocycles. The van der Waals surface area contributed by atoms with Gasteiger partial charge in [-0.1, -0.05) is 44.5 Å². The Hall–Kier alpha value is -0.950. The van der Waals surface area contributed by atoms with Crippen LogP contribution >= 0.6 is 11.6 Å². The van der Waals surface area contributed by atoms with E-state index >= 15 is 0 Å². The Morgan fingerprint density at radius 1 is 1.44 bits per heavy atom. The first kappa shape index (κ1) is 13.5. The first-order valence-corrected chi connectivity index (χ1v) is 7.00. The first-order valence-electron chi connectivity index (χ1n) is 6.63. The Labute approximate surface area is 115 Å². The van der Waals surface area contributed by atoms with Crippen LogP contribution in [0.2, 0.25) is 5.02 Å². The Balaban J connectivity index is 2.53. The number of halogens is 1. The highest BCUT2D eigenvalue weighted by Gasteiger charge is 2.36. The van der Waals surface area contributed by atoms with Crippen molar-refractivity contribution in [3.8, 4) is 0 Å². The predicted octanol–water partition coefficient (Wildman–Crippen LogP) is 4.87. The van der Waals surface area contributed by atoms with Crippen LogP contribution in [0.25, 0.3) is 0 Å². The van der Waals surface area contributed by atoms with Gasteiger partial charge < -0.3 is 4.90 Å². The lowest BCUT2D eigenvalue weighted by molar-refractivity contribution is 0.317. The topological polar surface area (TPSA) is 3.24 Å². The van der Waals surface area contributed by atoms with E-state index in [9.17, 15) is 0 Å². The van der Waals surface area contributed by atoms with Gasteiger partial charge >= 0.3 is 0 Å². The largest absolute Gasteiger partial charge is 0.374 e. The fraction of sp³-hybridized carbons (Fsp3) is 0.500. The molecule has 2 rings (SSSR count). The number of benzene rings is 1. The molecule has 2 heteroatoms. The summed E-state index contributed by atoms with van der Waals surface area (Å²) in [5.74, 6) is 0.447. The second-order valence-electron chi connectivity index (χ2n) is 5.86. The van der Waals surface area contributed by atoms with Crippen molar-refractivity contribution >= 4 is 17.3 Å². The molecule has 0 aliphatic carbocycles. The molecule has 0 spiro atoms. The lowest BCUT2D eigenvalue weighted by Gasteiger charge is -2.44. The van der Waals surface area contributed by atoms with Crippen LogP contribution in [0.3, 0.4) is 0 Å². The Morgan fingerprint density at radius 2 is 2.17 bits per heavy atom. The number of allylic oxidation sites excluding steroid dienone is 2. The Bertz CT molecular complexity index is 462. The average molecular weight is 264 g/mol. The van der Waals surface area contributed by atoms with Crippen molar-refractivity contribution in [2.75, 3.05) is 18.5 Å². The van der Waals surface area contributed by atoms with Crippen LogP contribution in [0.4, 0.5) is 5.69 Å². The standard InChI is InChI=1S/C16H22ClN/c1-5-6-7-14-13-10-12(17)8-9-15(13)18(4)11-16(14,2)3/h6-10,14H,5,11H2,1-4H3. The molecule has 0 saturated carbocycles. The zero-order valence-electron chi connectivity index (χ0n) is 11.7. The van der Waals surface area contributed by atoms with E-state index in [0.717, 1.165) is 18.0 Å². The zero-order chi connectivity index (χ0) is 13.3. The van der Waals surface area contributed by atoms with Crippen molar-refractivity contribution < 1.29 is 0 Å². The van der Waals surface area contributed by atoms with Gasteiger partial charge in [0.2, 0.25) is 0 Å². The highest BCUT2D eigenvalue weighted by molar-refractivity contribution is 6.30.